The number of rotatable bonds is 2. The summed E-state index contributed by atoms with van der Waals surface area (Å²) in [5, 5.41) is 13.0. The fourth-order valence-electron chi connectivity index (χ4n) is 1.94. The van der Waals surface area contributed by atoms with Crippen LogP contribution in [0.25, 0.3) is 0 Å². The predicted molar refractivity (Wildman–Crippen MR) is 63.3 cm³/mol. The third-order valence-corrected chi connectivity index (χ3v) is 3.73. The van der Waals surface area contributed by atoms with Crippen LogP contribution in [0.4, 0.5) is 5.82 Å². The van der Waals surface area contributed by atoms with Crippen molar-refractivity contribution in [3.63, 3.8) is 0 Å². The summed E-state index contributed by atoms with van der Waals surface area (Å²) in [5.41, 5.74) is 1.82. The number of nitrogens with one attached hydrogen (secondary N) is 1. The first-order valence-corrected chi connectivity index (χ1v) is 5.66. The largest absolute Gasteiger partial charge is 0.392 e. The summed E-state index contributed by atoms with van der Waals surface area (Å²) in [4.78, 5) is 8.70. The first-order valence-electron chi connectivity index (χ1n) is 5.66. The molecule has 16 heavy (non-hydrogen) atoms. The van der Waals surface area contributed by atoms with Gasteiger partial charge < -0.3 is 10.4 Å². The zero-order valence-electron chi connectivity index (χ0n) is 10.3. The molecule has 1 aromatic heterocycles. The number of aromatic nitrogens is 2. The quantitative estimate of drug-likeness (QED) is 0.797. The molecule has 1 saturated carbocycles. The summed E-state index contributed by atoms with van der Waals surface area (Å²) in [6.07, 6.45) is 2.31. The van der Waals surface area contributed by atoms with Crippen LogP contribution in [0, 0.1) is 19.3 Å². The number of aryl methyl sites for hydroxylation is 2. The molecule has 4 nitrogen and oxygen atoms in total. The average Bonchev–Trinajstić information content (AvgIpc) is 2.23. The van der Waals surface area contributed by atoms with Crippen LogP contribution < -0.4 is 5.32 Å². The Morgan fingerprint density at radius 3 is 2.56 bits per heavy atom. The van der Waals surface area contributed by atoms with E-state index in [1.165, 1.54) is 0 Å². The molecule has 88 valence electrons. The highest BCUT2D eigenvalue weighted by molar-refractivity contribution is 5.36. The van der Waals surface area contributed by atoms with Crippen LogP contribution in [-0.2, 0) is 0 Å². The first kappa shape index (κ1) is 11.3. The molecule has 0 bridgehead atoms. The molecule has 2 atom stereocenters. The van der Waals surface area contributed by atoms with Gasteiger partial charge in [-0.05, 0) is 20.3 Å². The summed E-state index contributed by atoms with van der Waals surface area (Å²) < 4.78 is 0. The number of aliphatic hydroxyl groups excluding tert-OH is 1. The van der Waals surface area contributed by atoms with E-state index in [1.54, 1.807) is 6.20 Å². The molecule has 4 heteroatoms. The van der Waals surface area contributed by atoms with E-state index in [4.69, 9.17) is 0 Å². The molecule has 1 aromatic rings. The second kappa shape index (κ2) is 3.70. The lowest BCUT2D eigenvalue weighted by Crippen LogP contribution is -2.57. The third kappa shape index (κ3) is 1.78. The second-order valence-corrected chi connectivity index (χ2v) is 5.20. The Hall–Kier alpha value is -1.16. The standard InChI is InChI=1S/C12H19N3O/c1-7-8(2)14-11(6-13-7)15-9-5-10(16)12(9,3)4/h6,9-10,16H,5H2,1-4H3,(H,14,15). The van der Waals surface area contributed by atoms with Crippen LogP contribution >= 0.6 is 0 Å². The number of aliphatic hydroxyl groups is 1. The highest BCUT2D eigenvalue weighted by Gasteiger charge is 2.47. The molecule has 0 aliphatic heterocycles. The Labute approximate surface area is 96.1 Å². The minimum atomic E-state index is -0.218. The molecular weight excluding hydrogens is 202 g/mol. The minimum absolute atomic E-state index is 0.0829. The second-order valence-electron chi connectivity index (χ2n) is 5.20. The Morgan fingerprint density at radius 1 is 1.38 bits per heavy atom. The van der Waals surface area contributed by atoms with Gasteiger partial charge in [-0.3, -0.25) is 4.98 Å². The summed E-state index contributed by atoms with van der Waals surface area (Å²) in [5.74, 6) is 0.799. The van der Waals surface area contributed by atoms with Gasteiger partial charge in [0.15, 0.2) is 0 Å². The molecule has 1 fully saturated rings. The zero-order valence-corrected chi connectivity index (χ0v) is 10.3. The van der Waals surface area contributed by atoms with Gasteiger partial charge in [0.25, 0.3) is 0 Å². The van der Waals surface area contributed by atoms with Gasteiger partial charge >= 0.3 is 0 Å². The molecule has 0 aromatic carbocycles. The lowest BCUT2D eigenvalue weighted by Gasteiger charge is -2.49. The van der Waals surface area contributed by atoms with E-state index < -0.39 is 0 Å². The number of nitrogens with zero attached hydrogens (tertiary/aromatic N) is 2. The Bertz CT molecular complexity index is 403. The lowest BCUT2D eigenvalue weighted by atomic mass is 9.64. The van der Waals surface area contributed by atoms with Crippen molar-refractivity contribution in [2.45, 2.75) is 46.3 Å². The maximum atomic E-state index is 9.65. The Kier molecular flexibility index (Phi) is 2.62. The summed E-state index contributed by atoms with van der Waals surface area (Å²) in [7, 11) is 0. The van der Waals surface area contributed by atoms with Crippen LogP contribution in [0.3, 0.4) is 0 Å². The predicted octanol–water partition coefficient (Wildman–Crippen LogP) is 1.66. The van der Waals surface area contributed by atoms with Gasteiger partial charge in [0.1, 0.15) is 5.82 Å². The van der Waals surface area contributed by atoms with E-state index in [2.05, 4.69) is 29.1 Å². The van der Waals surface area contributed by atoms with Crippen molar-refractivity contribution in [1.29, 1.82) is 0 Å². The van der Waals surface area contributed by atoms with E-state index in [9.17, 15) is 5.11 Å². The smallest absolute Gasteiger partial charge is 0.145 e. The summed E-state index contributed by atoms with van der Waals surface area (Å²) >= 11 is 0. The fourth-order valence-corrected chi connectivity index (χ4v) is 1.94. The van der Waals surface area contributed by atoms with Crippen molar-refractivity contribution in [2.75, 3.05) is 5.32 Å². The molecule has 0 spiro atoms. The normalized spacial score (nSPS) is 27.3. The molecule has 1 aliphatic carbocycles. The van der Waals surface area contributed by atoms with Crippen molar-refractivity contribution >= 4 is 5.82 Å². The van der Waals surface area contributed by atoms with Crippen LogP contribution in [0.15, 0.2) is 6.20 Å². The Balaban J connectivity index is 2.08. The molecular formula is C12H19N3O. The summed E-state index contributed by atoms with van der Waals surface area (Å²) in [6.45, 7) is 8.03. The van der Waals surface area contributed by atoms with Crippen molar-refractivity contribution in [3.05, 3.63) is 17.6 Å². The molecule has 2 unspecified atom stereocenters. The lowest BCUT2D eigenvalue weighted by molar-refractivity contribution is -0.0511. The van der Waals surface area contributed by atoms with Gasteiger partial charge in [0.05, 0.1) is 23.7 Å². The molecule has 1 aliphatic rings. The van der Waals surface area contributed by atoms with Crippen LogP contribution in [0.1, 0.15) is 31.7 Å². The van der Waals surface area contributed by atoms with E-state index >= 15 is 0 Å². The van der Waals surface area contributed by atoms with Gasteiger partial charge in [-0.15, -0.1) is 0 Å². The van der Waals surface area contributed by atoms with E-state index in [-0.39, 0.29) is 17.6 Å². The minimum Gasteiger partial charge on any atom is -0.392 e. The average molecular weight is 221 g/mol. The van der Waals surface area contributed by atoms with Crippen molar-refractivity contribution < 1.29 is 5.11 Å². The van der Waals surface area contributed by atoms with Crippen LogP contribution in [0.2, 0.25) is 0 Å². The maximum Gasteiger partial charge on any atom is 0.145 e. The van der Waals surface area contributed by atoms with Crippen molar-refractivity contribution in [3.8, 4) is 0 Å². The van der Waals surface area contributed by atoms with Crippen LogP contribution in [0.5, 0.6) is 0 Å². The number of hydrogen-bond donors (Lipinski definition) is 2. The maximum absolute atomic E-state index is 9.65. The highest BCUT2D eigenvalue weighted by Crippen LogP contribution is 2.41. The topological polar surface area (TPSA) is 58.0 Å². The Morgan fingerprint density at radius 2 is 2.06 bits per heavy atom. The SMILES string of the molecule is Cc1ncc(NC2CC(O)C2(C)C)nc1C. The van der Waals surface area contributed by atoms with Gasteiger partial charge in [0, 0.05) is 11.5 Å². The molecule has 0 saturated heterocycles. The highest BCUT2D eigenvalue weighted by atomic mass is 16.3. The molecule has 1 heterocycles. The first-order chi connectivity index (χ1) is 7.41. The van der Waals surface area contributed by atoms with E-state index in [1.807, 2.05) is 13.8 Å². The van der Waals surface area contributed by atoms with Gasteiger partial charge in [0.2, 0.25) is 0 Å². The molecule has 2 N–H and O–H groups in total. The van der Waals surface area contributed by atoms with Crippen molar-refractivity contribution in [1.82, 2.24) is 9.97 Å². The zero-order chi connectivity index (χ0) is 11.9. The molecule has 0 radical (unpaired) electrons. The molecule has 2 rings (SSSR count). The fraction of sp³-hybridized carbons (Fsp3) is 0.667. The monoisotopic (exact) mass is 221 g/mol. The van der Waals surface area contributed by atoms with Gasteiger partial charge in [-0.25, -0.2) is 4.98 Å². The van der Waals surface area contributed by atoms with Crippen LogP contribution in [-0.4, -0.2) is 27.2 Å². The number of hydrogen-bond acceptors (Lipinski definition) is 4. The van der Waals surface area contributed by atoms with Crippen molar-refractivity contribution in [2.24, 2.45) is 5.41 Å². The summed E-state index contributed by atoms with van der Waals surface area (Å²) in [6, 6.07) is 0.277. The van der Waals surface area contributed by atoms with Gasteiger partial charge in [-0.2, -0.15) is 0 Å². The van der Waals surface area contributed by atoms with Gasteiger partial charge in [-0.1, -0.05) is 13.8 Å². The third-order valence-electron chi connectivity index (χ3n) is 3.73. The van der Waals surface area contributed by atoms with E-state index in [0.29, 0.717) is 0 Å². The van der Waals surface area contributed by atoms with E-state index in [0.717, 1.165) is 23.6 Å². The number of anilines is 1. The molecule has 0 amide bonds.